The van der Waals surface area contributed by atoms with Gasteiger partial charge in [0, 0.05) is 0 Å². The second kappa shape index (κ2) is 7.78. The predicted molar refractivity (Wildman–Crippen MR) is 90.4 cm³/mol. The molecule has 27 heavy (non-hydrogen) atoms. The maximum atomic E-state index is 13.2. The van der Waals surface area contributed by atoms with Gasteiger partial charge in [0.15, 0.2) is 0 Å². The van der Waals surface area contributed by atoms with Crippen molar-refractivity contribution >= 4 is 27.5 Å². The number of ether oxygens (including phenoxy) is 1. The zero-order chi connectivity index (χ0) is 20.2. The van der Waals surface area contributed by atoms with Crippen LogP contribution in [0.4, 0.5) is 18.9 Å². The summed E-state index contributed by atoms with van der Waals surface area (Å²) in [5.41, 5.74) is -6.45. The van der Waals surface area contributed by atoms with E-state index in [1.54, 1.807) is 6.07 Å². The Kier molecular flexibility index (Phi) is 5.89. The van der Waals surface area contributed by atoms with E-state index in [-0.39, 0.29) is 9.87 Å². The zero-order valence-corrected chi connectivity index (χ0v) is 14.8. The van der Waals surface area contributed by atoms with Gasteiger partial charge >= 0.3 is 21.5 Å². The van der Waals surface area contributed by atoms with Crippen LogP contribution < -0.4 is 4.31 Å². The van der Waals surface area contributed by atoms with Crippen molar-refractivity contribution < 1.29 is 35.9 Å². The quantitative estimate of drug-likeness (QED) is 0.422. The summed E-state index contributed by atoms with van der Waals surface area (Å²) >= 11 is 0. The fourth-order valence-electron chi connectivity index (χ4n) is 2.26. The second-order valence-electron chi connectivity index (χ2n) is 5.28. The van der Waals surface area contributed by atoms with Crippen molar-refractivity contribution in [2.24, 2.45) is 0 Å². The normalized spacial score (nSPS) is 11.7. The van der Waals surface area contributed by atoms with Crippen molar-refractivity contribution in [3.63, 3.8) is 0 Å². The molecule has 2 rings (SSSR count). The number of Topliss-reactive ketones (excluding diaryl/α,β-unsaturated/α-hetero) is 1. The molecular formula is C17H14F3NO5S. The second-order valence-corrected chi connectivity index (χ2v) is 7.13. The zero-order valence-electron chi connectivity index (χ0n) is 13.9. The molecule has 0 bridgehead atoms. The largest absolute Gasteiger partial charge is 0.516 e. The van der Waals surface area contributed by atoms with E-state index in [4.69, 9.17) is 0 Å². The molecular weight excluding hydrogens is 387 g/mol. The number of hydrogen-bond acceptors (Lipinski definition) is 5. The lowest BCUT2D eigenvalue weighted by Crippen LogP contribution is -2.41. The molecule has 0 spiro atoms. The van der Waals surface area contributed by atoms with Crippen molar-refractivity contribution in [3.05, 3.63) is 65.7 Å². The van der Waals surface area contributed by atoms with Crippen LogP contribution in [-0.4, -0.2) is 32.8 Å². The van der Waals surface area contributed by atoms with Crippen LogP contribution in [0.15, 0.2) is 54.6 Å². The number of anilines is 1. The molecule has 0 aliphatic carbocycles. The van der Waals surface area contributed by atoms with Crippen LogP contribution in [0.25, 0.3) is 0 Å². The Morgan fingerprint density at radius 2 is 1.56 bits per heavy atom. The number of nitrogens with zero attached hydrogens (tertiary/aromatic N) is 1. The monoisotopic (exact) mass is 401 g/mol. The Hall–Kier alpha value is -2.88. The summed E-state index contributed by atoms with van der Waals surface area (Å²) in [6.07, 6.45) is 0. The number of ketones is 1. The topological polar surface area (TPSA) is 80.8 Å². The number of sulfonamides is 1. The minimum Gasteiger partial charge on any atom is -0.463 e. The van der Waals surface area contributed by atoms with Crippen LogP contribution in [0.1, 0.15) is 15.9 Å². The van der Waals surface area contributed by atoms with Crippen molar-refractivity contribution in [1.82, 2.24) is 0 Å². The molecule has 0 radical (unpaired) electrons. The van der Waals surface area contributed by atoms with Gasteiger partial charge < -0.3 is 4.74 Å². The summed E-state index contributed by atoms with van der Waals surface area (Å²) in [4.78, 5) is 23.7. The van der Waals surface area contributed by atoms with E-state index in [0.717, 1.165) is 19.2 Å². The van der Waals surface area contributed by atoms with Gasteiger partial charge in [-0.1, -0.05) is 42.5 Å². The summed E-state index contributed by atoms with van der Waals surface area (Å²) in [6, 6.07) is 12.2. The molecule has 0 fully saturated rings. The number of para-hydroxylation sites is 1. The highest BCUT2D eigenvalue weighted by Gasteiger charge is 2.51. The first-order valence-corrected chi connectivity index (χ1v) is 8.88. The van der Waals surface area contributed by atoms with Crippen molar-refractivity contribution in [2.45, 2.75) is 12.1 Å². The van der Waals surface area contributed by atoms with E-state index in [1.807, 2.05) is 0 Å². The maximum Gasteiger partial charge on any atom is 0.516 e. The summed E-state index contributed by atoms with van der Waals surface area (Å²) < 4.78 is 68.3. The van der Waals surface area contributed by atoms with E-state index in [0.29, 0.717) is 0 Å². The first-order chi connectivity index (χ1) is 12.6. The average Bonchev–Trinajstić information content (AvgIpc) is 2.64. The van der Waals surface area contributed by atoms with E-state index in [9.17, 15) is 31.2 Å². The Bertz CT molecular complexity index is 943. The summed E-state index contributed by atoms with van der Waals surface area (Å²) in [7, 11) is -4.92. The molecule has 10 heteroatoms. The van der Waals surface area contributed by atoms with E-state index in [1.165, 1.54) is 36.4 Å². The number of carbonyl (C=O) groups is 2. The van der Waals surface area contributed by atoms with E-state index >= 15 is 0 Å². The molecule has 2 aromatic carbocycles. The van der Waals surface area contributed by atoms with E-state index in [2.05, 4.69) is 4.74 Å². The van der Waals surface area contributed by atoms with Crippen LogP contribution in [0, 0.1) is 0 Å². The molecule has 0 atom stereocenters. The lowest BCUT2D eigenvalue weighted by atomic mass is 10.1. The molecule has 0 aliphatic rings. The van der Waals surface area contributed by atoms with Crippen molar-refractivity contribution in [1.29, 1.82) is 0 Å². The van der Waals surface area contributed by atoms with Gasteiger partial charge in [0.2, 0.25) is 0 Å². The molecule has 0 aromatic heterocycles. The van der Waals surface area contributed by atoms with Crippen molar-refractivity contribution in [2.75, 3.05) is 11.4 Å². The predicted octanol–water partition coefficient (Wildman–Crippen LogP) is 2.90. The van der Waals surface area contributed by atoms with Crippen molar-refractivity contribution in [3.8, 4) is 0 Å². The fraction of sp³-hybridized carbons (Fsp3) is 0.176. The first-order valence-electron chi connectivity index (χ1n) is 7.44. The van der Waals surface area contributed by atoms with Crippen LogP contribution in [0.3, 0.4) is 0 Å². The minimum absolute atomic E-state index is 0.0541. The Morgan fingerprint density at radius 3 is 2.11 bits per heavy atom. The Morgan fingerprint density at radius 1 is 1.00 bits per heavy atom. The van der Waals surface area contributed by atoms with E-state index < -0.39 is 45.1 Å². The molecule has 0 saturated carbocycles. The average molecular weight is 401 g/mol. The fourth-order valence-corrected chi connectivity index (χ4v) is 3.25. The highest BCUT2D eigenvalue weighted by Crippen LogP contribution is 2.34. The molecule has 0 unspecified atom stereocenters. The first kappa shape index (κ1) is 20.4. The van der Waals surface area contributed by atoms with Crippen LogP contribution in [-0.2, 0) is 26.1 Å². The number of hydrogen-bond donors (Lipinski definition) is 0. The summed E-state index contributed by atoms with van der Waals surface area (Å²) in [5.74, 6) is -2.59. The lowest BCUT2D eigenvalue weighted by Gasteiger charge is -2.27. The number of esters is 1. The number of alkyl halides is 3. The van der Waals surface area contributed by atoms with Gasteiger partial charge in [-0.25, -0.2) is 4.79 Å². The molecule has 0 heterocycles. The lowest BCUT2D eigenvalue weighted by molar-refractivity contribution is -0.135. The van der Waals surface area contributed by atoms with Gasteiger partial charge in [0.25, 0.3) is 5.78 Å². The third kappa shape index (κ3) is 4.27. The highest BCUT2D eigenvalue weighted by atomic mass is 32.2. The molecule has 6 nitrogen and oxygen atoms in total. The summed E-state index contributed by atoms with van der Waals surface area (Å²) in [6.45, 7) is -0.686. The van der Waals surface area contributed by atoms with Crippen LogP contribution in [0.2, 0.25) is 0 Å². The Balaban J connectivity index is 2.65. The molecule has 0 N–H and O–H groups in total. The molecule has 144 valence electrons. The number of rotatable bonds is 6. The number of carbonyl (C=O) groups excluding carboxylic acids is 2. The number of halogens is 3. The van der Waals surface area contributed by atoms with Gasteiger partial charge in [0.1, 0.15) is 0 Å². The summed E-state index contributed by atoms with van der Waals surface area (Å²) in [5, 5.41) is 0. The molecule has 2 aromatic rings. The number of methoxy groups -OCH3 is 1. The smallest absolute Gasteiger partial charge is 0.463 e. The molecule has 0 saturated heterocycles. The van der Waals surface area contributed by atoms with Gasteiger partial charge in [-0.2, -0.15) is 21.6 Å². The minimum atomic E-state index is -5.85. The SMILES string of the molecule is COC(=O)C(=O)c1ccccc1N(Cc1ccccc1)S(=O)(=O)C(F)(F)F. The van der Waals surface area contributed by atoms with Gasteiger partial charge in [0.05, 0.1) is 24.9 Å². The van der Waals surface area contributed by atoms with Gasteiger partial charge in [-0.15, -0.1) is 0 Å². The molecule has 0 amide bonds. The third-order valence-electron chi connectivity index (χ3n) is 3.54. The highest BCUT2D eigenvalue weighted by molar-refractivity contribution is 7.93. The van der Waals surface area contributed by atoms with Crippen LogP contribution in [0.5, 0.6) is 0 Å². The maximum absolute atomic E-state index is 13.2. The standard InChI is InChI=1S/C17H14F3NO5S/c1-26-16(23)15(22)13-9-5-6-10-14(13)21(27(24,25)17(18,19)20)11-12-7-3-2-4-8-12/h2-10H,11H2,1H3. The van der Waals surface area contributed by atoms with Gasteiger partial charge in [-0.3, -0.25) is 9.10 Å². The van der Waals surface area contributed by atoms with Gasteiger partial charge in [-0.05, 0) is 17.7 Å². The van der Waals surface area contributed by atoms with Crippen LogP contribution >= 0.6 is 0 Å². The Labute approximate surface area is 153 Å². The number of benzene rings is 2. The molecule has 0 aliphatic heterocycles. The third-order valence-corrected chi connectivity index (χ3v) is 5.03.